The number of amides is 1. The number of hydrogen-bond acceptors (Lipinski definition) is 4. The number of pyridine rings is 1. The summed E-state index contributed by atoms with van der Waals surface area (Å²) in [4.78, 5) is 16.1. The van der Waals surface area contributed by atoms with Gasteiger partial charge in [-0.15, -0.1) is 0 Å². The second kappa shape index (κ2) is 5.85. The number of carbonyl (C=O) groups is 1. The SMILES string of the molecule is Cc1cc(C)n(Cc2ccc(C(=O)Nc3ccccn3)o2)n1. The van der Waals surface area contributed by atoms with Crippen molar-refractivity contribution in [3.63, 3.8) is 0 Å². The largest absolute Gasteiger partial charge is 0.454 e. The second-order valence-corrected chi connectivity index (χ2v) is 5.02. The Morgan fingerprint density at radius 2 is 2.14 bits per heavy atom. The zero-order chi connectivity index (χ0) is 15.5. The van der Waals surface area contributed by atoms with Crippen molar-refractivity contribution in [2.24, 2.45) is 0 Å². The van der Waals surface area contributed by atoms with Gasteiger partial charge >= 0.3 is 0 Å². The standard InChI is InChI=1S/C16H16N4O2/c1-11-9-12(2)20(19-11)10-13-6-7-14(22-13)16(21)18-15-5-3-4-8-17-15/h3-9H,10H2,1-2H3,(H,17,18,21). The minimum atomic E-state index is -0.321. The summed E-state index contributed by atoms with van der Waals surface area (Å²) in [5, 5.41) is 7.06. The van der Waals surface area contributed by atoms with Crippen LogP contribution >= 0.6 is 0 Å². The molecule has 3 rings (SSSR count). The monoisotopic (exact) mass is 296 g/mol. The number of carbonyl (C=O) groups excluding carboxylic acids is 1. The van der Waals surface area contributed by atoms with Crippen LogP contribution in [-0.2, 0) is 6.54 Å². The minimum absolute atomic E-state index is 0.252. The molecule has 0 fully saturated rings. The molecular formula is C16H16N4O2. The van der Waals surface area contributed by atoms with Gasteiger partial charge in [0.2, 0.25) is 0 Å². The molecule has 0 bridgehead atoms. The number of aromatic nitrogens is 3. The van der Waals surface area contributed by atoms with Crippen LogP contribution in [-0.4, -0.2) is 20.7 Å². The molecule has 0 aliphatic heterocycles. The van der Waals surface area contributed by atoms with Crippen LogP contribution in [0, 0.1) is 13.8 Å². The lowest BCUT2D eigenvalue weighted by atomic mass is 10.4. The van der Waals surface area contributed by atoms with E-state index < -0.39 is 0 Å². The zero-order valence-corrected chi connectivity index (χ0v) is 12.4. The number of aryl methyl sites for hydroxylation is 2. The lowest BCUT2D eigenvalue weighted by Crippen LogP contribution is -2.11. The van der Waals surface area contributed by atoms with Gasteiger partial charge in [0.25, 0.3) is 5.91 Å². The average molecular weight is 296 g/mol. The van der Waals surface area contributed by atoms with Gasteiger partial charge in [-0.25, -0.2) is 4.98 Å². The van der Waals surface area contributed by atoms with Gasteiger partial charge in [0.15, 0.2) is 5.76 Å². The molecule has 0 radical (unpaired) electrons. The van der Waals surface area contributed by atoms with Gasteiger partial charge in [-0.3, -0.25) is 9.48 Å². The third-order valence-corrected chi connectivity index (χ3v) is 3.20. The quantitative estimate of drug-likeness (QED) is 0.803. The molecule has 1 amide bonds. The third kappa shape index (κ3) is 3.06. The predicted octanol–water partition coefficient (Wildman–Crippen LogP) is 2.79. The summed E-state index contributed by atoms with van der Waals surface area (Å²) in [6, 6.07) is 10.7. The summed E-state index contributed by atoms with van der Waals surface area (Å²) in [6.07, 6.45) is 1.62. The highest BCUT2D eigenvalue weighted by Crippen LogP contribution is 2.13. The highest BCUT2D eigenvalue weighted by Gasteiger charge is 2.13. The maximum atomic E-state index is 12.1. The molecule has 0 atom stereocenters. The van der Waals surface area contributed by atoms with Crippen molar-refractivity contribution >= 4 is 11.7 Å². The van der Waals surface area contributed by atoms with Crippen LogP contribution < -0.4 is 5.32 Å². The van der Waals surface area contributed by atoms with Crippen LogP contribution in [0.5, 0.6) is 0 Å². The van der Waals surface area contributed by atoms with Gasteiger partial charge in [0.1, 0.15) is 11.6 Å². The maximum absolute atomic E-state index is 12.1. The van der Waals surface area contributed by atoms with Crippen LogP contribution in [0.25, 0.3) is 0 Å². The van der Waals surface area contributed by atoms with Crippen molar-refractivity contribution in [2.45, 2.75) is 20.4 Å². The number of nitrogens with zero attached hydrogens (tertiary/aromatic N) is 3. The van der Waals surface area contributed by atoms with Gasteiger partial charge < -0.3 is 9.73 Å². The molecule has 3 heterocycles. The van der Waals surface area contributed by atoms with E-state index in [1.54, 1.807) is 36.5 Å². The van der Waals surface area contributed by atoms with E-state index in [0.29, 0.717) is 18.1 Å². The Balaban J connectivity index is 1.71. The van der Waals surface area contributed by atoms with Crippen LogP contribution in [0.15, 0.2) is 47.0 Å². The van der Waals surface area contributed by atoms with Crippen LogP contribution in [0.2, 0.25) is 0 Å². The molecule has 112 valence electrons. The molecule has 0 spiro atoms. The van der Waals surface area contributed by atoms with Crippen LogP contribution in [0.4, 0.5) is 5.82 Å². The van der Waals surface area contributed by atoms with E-state index in [9.17, 15) is 4.79 Å². The Kier molecular flexibility index (Phi) is 3.74. The molecule has 0 aliphatic rings. The highest BCUT2D eigenvalue weighted by molar-refractivity contribution is 6.01. The number of anilines is 1. The number of rotatable bonds is 4. The first-order chi connectivity index (χ1) is 10.6. The summed E-state index contributed by atoms with van der Waals surface area (Å²) in [5.74, 6) is 1.10. The van der Waals surface area contributed by atoms with Gasteiger partial charge in [0, 0.05) is 11.9 Å². The summed E-state index contributed by atoms with van der Waals surface area (Å²) in [5.41, 5.74) is 2.01. The first kappa shape index (κ1) is 14.1. The smallest absolute Gasteiger partial charge is 0.292 e. The van der Waals surface area contributed by atoms with E-state index >= 15 is 0 Å². The van der Waals surface area contributed by atoms with E-state index in [4.69, 9.17) is 4.42 Å². The predicted molar refractivity (Wildman–Crippen MR) is 81.7 cm³/mol. The maximum Gasteiger partial charge on any atom is 0.292 e. The first-order valence-electron chi connectivity index (χ1n) is 6.94. The van der Waals surface area contributed by atoms with Crippen molar-refractivity contribution < 1.29 is 9.21 Å². The molecule has 0 saturated heterocycles. The molecular weight excluding hydrogens is 280 g/mol. The van der Waals surface area contributed by atoms with Gasteiger partial charge in [0.05, 0.1) is 12.2 Å². The highest BCUT2D eigenvalue weighted by atomic mass is 16.4. The van der Waals surface area contributed by atoms with Crippen molar-refractivity contribution in [3.8, 4) is 0 Å². The fourth-order valence-corrected chi connectivity index (χ4v) is 2.18. The molecule has 0 saturated carbocycles. The molecule has 0 unspecified atom stereocenters. The fourth-order valence-electron chi connectivity index (χ4n) is 2.18. The van der Waals surface area contributed by atoms with E-state index in [1.807, 2.05) is 24.6 Å². The molecule has 0 aromatic carbocycles. The summed E-state index contributed by atoms with van der Waals surface area (Å²) < 4.78 is 7.43. The molecule has 1 N–H and O–H groups in total. The van der Waals surface area contributed by atoms with Gasteiger partial charge in [-0.1, -0.05) is 6.07 Å². The lowest BCUT2D eigenvalue weighted by molar-refractivity contribution is 0.0994. The minimum Gasteiger partial charge on any atom is -0.454 e. The van der Waals surface area contributed by atoms with E-state index in [1.165, 1.54) is 0 Å². The van der Waals surface area contributed by atoms with E-state index in [0.717, 1.165) is 11.4 Å². The topological polar surface area (TPSA) is 73.0 Å². The Morgan fingerprint density at radius 3 is 2.82 bits per heavy atom. The Hall–Kier alpha value is -2.89. The normalized spacial score (nSPS) is 10.6. The average Bonchev–Trinajstić information content (AvgIpc) is 3.07. The molecule has 3 aromatic heterocycles. The number of nitrogens with one attached hydrogen (secondary N) is 1. The number of hydrogen-bond donors (Lipinski definition) is 1. The molecule has 0 aliphatic carbocycles. The number of furan rings is 1. The van der Waals surface area contributed by atoms with Gasteiger partial charge in [-0.2, -0.15) is 5.10 Å². The van der Waals surface area contributed by atoms with E-state index in [2.05, 4.69) is 15.4 Å². The fraction of sp³-hybridized carbons (Fsp3) is 0.188. The van der Waals surface area contributed by atoms with Crippen molar-refractivity contribution in [2.75, 3.05) is 5.32 Å². The third-order valence-electron chi connectivity index (χ3n) is 3.20. The van der Waals surface area contributed by atoms with E-state index in [-0.39, 0.29) is 11.7 Å². The van der Waals surface area contributed by atoms with Gasteiger partial charge in [-0.05, 0) is 44.2 Å². The second-order valence-electron chi connectivity index (χ2n) is 5.02. The van der Waals surface area contributed by atoms with Crippen LogP contribution in [0.1, 0.15) is 27.7 Å². The summed E-state index contributed by atoms with van der Waals surface area (Å²) >= 11 is 0. The van der Waals surface area contributed by atoms with Crippen molar-refractivity contribution in [1.29, 1.82) is 0 Å². The Bertz CT molecular complexity index is 790. The summed E-state index contributed by atoms with van der Waals surface area (Å²) in [7, 11) is 0. The first-order valence-corrected chi connectivity index (χ1v) is 6.94. The van der Waals surface area contributed by atoms with Crippen molar-refractivity contribution in [3.05, 3.63) is 65.5 Å². The zero-order valence-electron chi connectivity index (χ0n) is 12.4. The Morgan fingerprint density at radius 1 is 1.27 bits per heavy atom. The molecule has 6 heteroatoms. The summed E-state index contributed by atoms with van der Waals surface area (Å²) in [6.45, 7) is 4.42. The van der Waals surface area contributed by atoms with Crippen molar-refractivity contribution in [1.82, 2.24) is 14.8 Å². The molecule has 6 nitrogen and oxygen atoms in total. The van der Waals surface area contributed by atoms with Crippen LogP contribution in [0.3, 0.4) is 0 Å². The Labute approximate surface area is 127 Å². The lowest BCUT2D eigenvalue weighted by Gasteiger charge is -2.02. The molecule has 22 heavy (non-hydrogen) atoms. The molecule has 3 aromatic rings.